The van der Waals surface area contributed by atoms with Gasteiger partial charge in [0.05, 0.1) is 30.6 Å². The molecule has 3 heterocycles. The van der Waals surface area contributed by atoms with Crippen LogP contribution in [-0.4, -0.2) is 113 Å². The Morgan fingerprint density at radius 3 is 2.46 bits per heavy atom. The van der Waals surface area contributed by atoms with E-state index in [0.29, 0.717) is 32.5 Å². The Balaban J connectivity index is 1.53. The lowest BCUT2D eigenvalue weighted by Gasteiger charge is -2.45. The van der Waals surface area contributed by atoms with Gasteiger partial charge in [0.1, 0.15) is 6.04 Å². The van der Waals surface area contributed by atoms with E-state index in [1.165, 1.54) is 5.56 Å². The molecule has 3 aliphatic rings. The predicted octanol–water partition coefficient (Wildman–Crippen LogP) is -0.308. The molecule has 3 amide bonds. The van der Waals surface area contributed by atoms with Crippen LogP contribution in [0.3, 0.4) is 0 Å². The first-order chi connectivity index (χ1) is 17.7. The average Bonchev–Trinajstić information content (AvgIpc) is 2.85. The van der Waals surface area contributed by atoms with E-state index in [-0.39, 0.29) is 49.9 Å². The molecular formula is C27H41N5O5. The van der Waals surface area contributed by atoms with Gasteiger partial charge >= 0.3 is 0 Å². The molecule has 0 radical (unpaired) electrons. The van der Waals surface area contributed by atoms with Gasteiger partial charge in [-0.3, -0.25) is 19.3 Å². The first kappa shape index (κ1) is 27.5. The fraction of sp³-hybridized carbons (Fsp3) is 0.667. The molecule has 0 saturated carbocycles. The number of aliphatic hydroxyl groups excluding tert-OH is 2. The maximum absolute atomic E-state index is 13.7. The number of fused-ring (bicyclic) bond motifs is 1. The third-order valence-corrected chi connectivity index (χ3v) is 7.90. The zero-order valence-corrected chi connectivity index (χ0v) is 21.8. The van der Waals surface area contributed by atoms with Gasteiger partial charge in [-0.25, -0.2) is 0 Å². The Bertz CT molecular complexity index is 936. The molecule has 1 aromatic carbocycles. The lowest BCUT2D eigenvalue weighted by molar-refractivity contribution is -0.145. The van der Waals surface area contributed by atoms with Crippen molar-refractivity contribution < 1.29 is 24.6 Å². The zero-order chi connectivity index (χ0) is 26.4. The van der Waals surface area contributed by atoms with Crippen molar-refractivity contribution in [1.82, 2.24) is 25.3 Å². The lowest BCUT2D eigenvalue weighted by atomic mass is 9.83. The maximum atomic E-state index is 13.7. The van der Waals surface area contributed by atoms with E-state index < -0.39 is 23.8 Å². The zero-order valence-electron chi connectivity index (χ0n) is 21.8. The molecule has 3 atom stereocenters. The van der Waals surface area contributed by atoms with Crippen LogP contribution in [0.1, 0.15) is 44.1 Å². The second-order valence-corrected chi connectivity index (χ2v) is 11.0. The fourth-order valence-corrected chi connectivity index (χ4v) is 5.72. The van der Waals surface area contributed by atoms with Crippen molar-refractivity contribution in [2.45, 2.75) is 68.9 Å². The first-order valence-corrected chi connectivity index (χ1v) is 13.4. The van der Waals surface area contributed by atoms with Gasteiger partial charge in [-0.1, -0.05) is 30.3 Å². The van der Waals surface area contributed by atoms with Crippen molar-refractivity contribution >= 4 is 17.7 Å². The summed E-state index contributed by atoms with van der Waals surface area (Å²) >= 11 is 0. The number of carbonyl (C=O) groups excluding carboxylic acids is 3. The molecular weight excluding hydrogens is 474 g/mol. The van der Waals surface area contributed by atoms with E-state index in [0.717, 1.165) is 19.6 Å². The van der Waals surface area contributed by atoms with Crippen LogP contribution in [0.25, 0.3) is 0 Å². The Morgan fingerprint density at radius 2 is 1.73 bits per heavy atom. The highest BCUT2D eigenvalue weighted by Gasteiger charge is 2.42. The molecule has 0 unspecified atom stereocenters. The molecule has 3 saturated heterocycles. The van der Waals surface area contributed by atoms with Crippen LogP contribution in [0, 0.1) is 0 Å². The summed E-state index contributed by atoms with van der Waals surface area (Å²) in [6.45, 7) is 4.03. The number of carbonyl (C=O) groups is 3. The Labute approximate surface area is 219 Å². The fourth-order valence-electron chi connectivity index (χ4n) is 5.72. The summed E-state index contributed by atoms with van der Waals surface area (Å²) in [5, 5.41) is 26.7. The number of likely N-dealkylation sites (N-methyl/N-ethyl adjacent to an activating group) is 1. The highest BCUT2D eigenvalue weighted by atomic mass is 16.3. The van der Waals surface area contributed by atoms with Crippen molar-refractivity contribution in [1.29, 1.82) is 0 Å². The number of hydrogen-bond donors (Lipinski definition) is 4. The molecule has 10 nitrogen and oxygen atoms in total. The molecule has 0 aliphatic carbocycles. The summed E-state index contributed by atoms with van der Waals surface area (Å²) in [4.78, 5) is 45.7. The van der Waals surface area contributed by atoms with E-state index in [1.54, 1.807) is 4.90 Å². The van der Waals surface area contributed by atoms with Crippen LogP contribution in [0.15, 0.2) is 30.3 Å². The molecule has 0 bridgehead atoms. The summed E-state index contributed by atoms with van der Waals surface area (Å²) < 4.78 is 0. The number of piperazine rings is 1. The highest BCUT2D eigenvalue weighted by Crippen LogP contribution is 2.29. The minimum atomic E-state index is -0.998. The summed E-state index contributed by atoms with van der Waals surface area (Å²) in [6.07, 6.45) is -0.340. The molecule has 3 fully saturated rings. The van der Waals surface area contributed by atoms with Crippen LogP contribution in [0.5, 0.6) is 0 Å². The van der Waals surface area contributed by atoms with Crippen molar-refractivity contribution in [3.63, 3.8) is 0 Å². The Morgan fingerprint density at radius 1 is 1.00 bits per heavy atom. The number of hydrogen-bond acceptors (Lipinski definition) is 7. The van der Waals surface area contributed by atoms with Gasteiger partial charge in [0.15, 0.2) is 0 Å². The van der Waals surface area contributed by atoms with E-state index in [1.807, 2.05) is 30.1 Å². The van der Waals surface area contributed by atoms with E-state index in [2.05, 4.69) is 27.7 Å². The van der Waals surface area contributed by atoms with Gasteiger partial charge in [0, 0.05) is 45.8 Å². The second-order valence-electron chi connectivity index (χ2n) is 11.0. The molecule has 1 spiro atoms. The first-order valence-electron chi connectivity index (χ1n) is 13.4. The van der Waals surface area contributed by atoms with Crippen molar-refractivity contribution in [2.75, 3.05) is 46.3 Å². The van der Waals surface area contributed by atoms with Crippen molar-refractivity contribution in [2.24, 2.45) is 0 Å². The molecule has 4 rings (SSSR count). The number of likely N-dealkylation sites (tertiary alicyclic amines) is 1. The van der Waals surface area contributed by atoms with Crippen LogP contribution in [0.2, 0.25) is 0 Å². The van der Waals surface area contributed by atoms with E-state index in [9.17, 15) is 24.6 Å². The Kier molecular flexibility index (Phi) is 9.17. The number of rotatable bonds is 2. The quantitative estimate of drug-likeness (QED) is 0.426. The van der Waals surface area contributed by atoms with Crippen LogP contribution in [-0.2, 0) is 20.9 Å². The van der Waals surface area contributed by atoms with Crippen LogP contribution in [0.4, 0.5) is 0 Å². The normalized spacial score (nSPS) is 29.1. The highest BCUT2D eigenvalue weighted by molar-refractivity contribution is 5.89. The molecule has 3 aliphatic heterocycles. The summed E-state index contributed by atoms with van der Waals surface area (Å²) in [7, 11) is 1.93. The minimum Gasteiger partial charge on any atom is -0.393 e. The smallest absolute Gasteiger partial charge is 0.244 e. The number of nitrogens with zero attached hydrogens (tertiary/aromatic N) is 3. The monoisotopic (exact) mass is 515 g/mol. The molecule has 0 aromatic heterocycles. The summed E-state index contributed by atoms with van der Waals surface area (Å²) in [6, 6.07) is 9.59. The number of piperidine rings is 1. The topological polar surface area (TPSA) is 125 Å². The average molecular weight is 516 g/mol. The number of aliphatic hydroxyl groups is 2. The largest absolute Gasteiger partial charge is 0.393 e. The summed E-state index contributed by atoms with van der Waals surface area (Å²) in [5.41, 5.74) is 0.471. The van der Waals surface area contributed by atoms with E-state index in [4.69, 9.17) is 0 Å². The van der Waals surface area contributed by atoms with Gasteiger partial charge < -0.3 is 30.6 Å². The van der Waals surface area contributed by atoms with Gasteiger partial charge in [-0.15, -0.1) is 0 Å². The Hall–Kier alpha value is -2.53. The molecule has 10 heteroatoms. The number of nitrogens with one attached hydrogen (secondary N) is 2. The van der Waals surface area contributed by atoms with Crippen LogP contribution < -0.4 is 10.6 Å². The molecule has 37 heavy (non-hydrogen) atoms. The van der Waals surface area contributed by atoms with Gasteiger partial charge in [-0.2, -0.15) is 0 Å². The second kappa shape index (κ2) is 12.3. The number of benzene rings is 1. The van der Waals surface area contributed by atoms with Crippen LogP contribution >= 0.6 is 0 Å². The SMILES string of the molecule is CN1CCN2C(=O)CC3(CCN(Cc4ccccc4)CC3)NC(=O)C[C@H](O)C[C@H](O)CCNC(=O)[C@@H]2C1. The standard InChI is InChI=1S/C27H41N5O5/c1-30-13-14-32-23(19-30)26(37)28-10-7-21(33)15-22(34)16-24(35)29-27(17-25(32)36)8-11-31(12-9-27)18-20-5-3-2-4-6-20/h2-6,21-23,33-34H,7-19H2,1H3,(H,28,37)(H,29,35)/t21-,22-,23+/m1/s1. The molecule has 1 aromatic rings. The van der Waals surface area contributed by atoms with Gasteiger partial charge in [0.25, 0.3) is 0 Å². The third kappa shape index (κ3) is 7.50. The minimum absolute atomic E-state index is 0.0539. The van der Waals surface area contributed by atoms with Crippen molar-refractivity contribution in [3.8, 4) is 0 Å². The predicted molar refractivity (Wildman–Crippen MR) is 138 cm³/mol. The lowest BCUT2D eigenvalue weighted by Crippen LogP contribution is -2.62. The maximum Gasteiger partial charge on any atom is 0.244 e. The summed E-state index contributed by atoms with van der Waals surface area (Å²) in [5.74, 6) is -0.693. The molecule has 204 valence electrons. The number of amides is 3. The van der Waals surface area contributed by atoms with Crippen molar-refractivity contribution in [3.05, 3.63) is 35.9 Å². The van der Waals surface area contributed by atoms with Gasteiger partial charge in [0.2, 0.25) is 17.7 Å². The molecule has 4 N–H and O–H groups in total. The van der Waals surface area contributed by atoms with E-state index >= 15 is 0 Å². The third-order valence-electron chi connectivity index (χ3n) is 7.90. The van der Waals surface area contributed by atoms with Gasteiger partial charge in [-0.05, 0) is 38.3 Å².